The minimum Gasteiger partial charge on any atom is -0.480 e. The van der Waals surface area contributed by atoms with E-state index in [-0.39, 0.29) is 51.5 Å². The fourth-order valence-corrected chi connectivity index (χ4v) is 8.07. The normalized spacial score (nSPS) is 16.2. The number of rotatable bonds is 23. The SMILES string of the molecule is CC(C)(C)OC(=O)CN1CCN(CCN(CC(=O)O)CC(=O)OC(C)(C)C)CCN(CC(=O)OC(C)(C)C)CCN(CC(CCCc2ccc([N+](=O)[O-])cc2)N(CC(=O)OC(C)(C)C)CC(=O)OC(C)(C)C)CC1. The monoisotopic (exact) mass is 1050 g/mol. The minimum atomic E-state index is -1.09. The molecule has 1 atom stereocenters. The van der Waals surface area contributed by atoms with Gasteiger partial charge in [-0.2, -0.15) is 0 Å². The molecule has 21 heteroatoms. The summed E-state index contributed by atoms with van der Waals surface area (Å²) in [6, 6.07) is 5.93. The number of nitrogens with zero attached hydrogens (tertiary/aromatic N) is 7. The van der Waals surface area contributed by atoms with E-state index in [1.165, 1.54) is 17.0 Å². The number of carboxylic acids is 1. The number of hydrogen-bond acceptors (Lipinski definition) is 19. The number of nitro groups is 1. The van der Waals surface area contributed by atoms with Crippen LogP contribution in [0.4, 0.5) is 5.69 Å². The Kier molecular flexibility index (Phi) is 26.0. The Hall–Kier alpha value is -4.80. The molecule has 2 rings (SSSR count). The fraction of sp³-hybridized carbons (Fsp3) is 0.774. The maximum atomic E-state index is 13.7. The van der Waals surface area contributed by atoms with Crippen molar-refractivity contribution in [3.63, 3.8) is 0 Å². The lowest BCUT2D eigenvalue weighted by Crippen LogP contribution is -2.53. The molecule has 21 nitrogen and oxygen atoms in total. The number of carbonyl (C=O) groups excluding carboxylic acids is 5. The number of carboxylic acid groups (broad SMARTS) is 1. The van der Waals surface area contributed by atoms with E-state index in [4.69, 9.17) is 23.7 Å². The number of nitro benzene ring substituents is 1. The van der Waals surface area contributed by atoms with Crippen molar-refractivity contribution < 1.29 is 62.5 Å². The third-order valence-electron chi connectivity index (χ3n) is 11.0. The third-order valence-corrected chi connectivity index (χ3v) is 11.0. The average Bonchev–Trinajstić information content (AvgIpc) is 3.18. The lowest BCUT2D eigenvalue weighted by molar-refractivity contribution is -0.384. The van der Waals surface area contributed by atoms with E-state index in [1.807, 2.05) is 9.80 Å². The summed E-state index contributed by atoms with van der Waals surface area (Å²) >= 11 is 0. The zero-order valence-corrected chi connectivity index (χ0v) is 47.4. The van der Waals surface area contributed by atoms with Gasteiger partial charge in [-0.25, -0.2) is 0 Å². The van der Waals surface area contributed by atoms with Crippen LogP contribution >= 0.6 is 0 Å². The molecule has 1 N–H and O–H groups in total. The molecule has 422 valence electrons. The van der Waals surface area contributed by atoms with Gasteiger partial charge in [0.25, 0.3) is 5.69 Å². The molecule has 0 amide bonds. The van der Waals surface area contributed by atoms with Gasteiger partial charge < -0.3 is 28.8 Å². The summed E-state index contributed by atoms with van der Waals surface area (Å²) in [7, 11) is 0. The zero-order valence-electron chi connectivity index (χ0n) is 47.4. The van der Waals surface area contributed by atoms with Crippen molar-refractivity contribution in [1.29, 1.82) is 0 Å². The first-order valence-electron chi connectivity index (χ1n) is 25.8. The first kappa shape index (κ1) is 65.3. The van der Waals surface area contributed by atoms with Crippen molar-refractivity contribution in [2.75, 3.05) is 111 Å². The molecule has 1 fully saturated rings. The minimum absolute atomic E-state index is 0.0189. The molecule has 1 saturated heterocycles. The van der Waals surface area contributed by atoms with Gasteiger partial charge in [-0.05, 0) is 129 Å². The lowest BCUT2D eigenvalue weighted by Gasteiger charge is -2.38. The van der Waals surface area contributed by atoms with E-state index in [1.54, 1.807) is 121 Å². The second kappa shape index (κ2) is 29.5. The topological polar surface area (TPSA) is 231 Å². The number of carbonyl (C=O) groups is 6. The summed E-state index contributed by atoms with van der Waals surface area (Å²) in [6.07, 6.45) is 1.63. The maximum absolute atomic E-state index is 13.7. The van der Waals surface area contributed by atoms with E-state index >= 15 is 0 Å². The summed E-state index contributed by atoms with van der Waals surface area (Å²) in [5.41, 5.74) is -2.99. The van der Waals surface area contributed by atoms with E-state index in [0.717, 1.165) is 5.56 Å². The van der Waals surface area contributed by atoms with E-state index in [2.05, 4.69) is 9.80 Å². The number of aliphatic carboxylic acids is 1. The molecule has 0 aliphatic carbocycles. The van der Waals surface area contributed by atoms with Crippen LogP contribution in [0.25, 0.3) is 0 Å². The van der Waals surface area contributed by atoms with Crippen LogP contribution in [0.2, 0.25) is 0 Å². The number of aryl methyl sites for hydroxylation is 1. The summed E-state index contributed by atoms with van der Waals surface area (Å²) in [6.45, 7) is 29.7. The molecular formula is C53H91N7O14. The second-order valence-corrected chi connectivity index (χ2v) is 24.1. The van der Waals surface area contributed by atoms with E-state index in [9.17, 15) is 44.0 Å². The maximum Gasteiger partial charge on any atom is 0.320 e. The number of non-ortho nitro benzene ring substituents is 1. The molecule has 0 aromatic heterocycles. The number of benzene rings is 1. The summed E-state index contributed by atoms with van der Waals surface area (Å²) in [4.78, 5) is 102. The molecule has 1 aromatic rings. The Morgan fingerprint density at radius 2 is 0.919 bits per heavy atom. The van der Waals surface area contributed by atoms with Crippen molar-refractivity contribution in [3.8, 4) is 0 Å². The van der Waals surface area contributed by atoms with Crippen LogP contribution in [0.15, 0.2) is 24.3 Å². The van der Waals surface area contributed by atoms with Crippen LogP contribution in [0, 0.1) is 10.1 Å². The van der Waals surface area contributed by atoms with E-state index in [0.29, 0.717) is 84.7 Å². The molecule has 0 radical (unpaired) electrons. The molecule has 0 bridgehead atoms. The van der Waals surface area contributed by atoms with E-state index < -0.39 is 74.8 Å². The highest BCUT2D eigenvalue weighted by molar-refractivity contribution is 5.76. The van der Waals surface area contributed by atoms with Gasteiger partial charge >= 0.3 is 35.8 Å². The Balaban J connectivity index is 2.68. The largest absolute Gasteiger partial charge is 0.480 e. The smallest absolute Gasteiger partial charge is 0.320 e. The van der Waals surface area contributed by atoms with Gasteiger partial charge in [0.1, 0.15) is 28.0 Å². The highest BCUT2D eigenvalue weighted by atomic mass is 16.6. The Morgan fingerprint density at radius 3 is 1.30 bits per heavy atom. The fourth-order valence-electron chi connectivity index (χ4n) is 8.07. The van der Waals surface area contributed by atoms with Gasteiger partial charge in [0.15, 0.2) is 0 Å². The van der Waals surface area contributed by atoms with Crippen molar-refractivity contribution in [3.05, 3.63) is 39.9 Å². The molecule has 1 aromatic carbocycles. The van der Waals surface area contributed by atoms with Gasteiger partial charge in [-0.15, -0.1) is 0 Å². The van der Waals surface area contributed by atoms with Gasteiger partial charge in [-0.1, -0.05) is 12.1 Å². The van der Waals surface area contributed by atoms with Crippen LogP contribution < -0.4 is 0 Å². The van der Waals surface area contributed by atoms with Gasteiger partial charge in [0.2, 0.25) is 0 Å². The third kappa shape index (κ3) is 31.2. The Morgan fingerprint density at radius 1 is 0.554 bits per heavy atom. The summed E-state index contributed by atoms with van der Waals surface area (Å²) < 4.78 is 28.7. The molecule has 0 saturated carbocycles. The number of ether oxygens (including phenoxy) is 5. The quantitative estimate of drug-likeness (QED) is 0.0664. The highest BCUT2D eigenvalue weighted by Crippen LogP contribution is 2.20. The van der Waals surface area contributed by atoms with Gasteiger partial charge in [-0.3, -0.25) is 68.3 Å². The average molecular weight is 1050 g/mol. The Bertz CT molecular complexity index is 1890. The first-order chi connectivity index (χ1) is 33.9. The van der Waals surface area contributed by atoms with Crippen molar-refractivity contribution in [2.24, 2.45) is 0 Å². The molecule has 1 aliphatic rings. The van der Waals surface area contributed by atoms with Crippen LogP contribution in [-0.4, -0.2) is 221 Å². The molecule has 1 heterocycles. The molecular weight excluding hydrogens is 959 g/mol. The molecule has 1 unspecified atom stereocenters. The zero-order chi connectivity index (χ0) is 56.2. The van der Waals surface area contributed by atoms with Crippen LogP contribution in [0.5, 0.6) is 0 Å². The van der Waals surface area contributed by atoms with Gasteiger partial charge in [0, 0.05) is 90.2 Å². The lowest BCUT2D eigenvalue weighted by atomic mass is 10.0. The van der Waals surface area contributed by atoms with Crippen molar-refractivity contribution in [1.82, 2.24) is 29.4 Å². The van der Waals surface area contributed by atoms with Crippen LogP contribution in [0.1, 0.15) is 122 Å². The van der Waals surface area contributed by atoms with Crippen LogP contribution in [0.3, 0.4) is 0 Å². The van der Waals surface area contributed by atoms with Crippen LogP contribution in [-0.2, 0) is 58.9 Å². The first-order valence-corrected chi connectivity index (χ1v) is 25.8. The van der Waals surface area contributed by atoms with Crippen molar-refractivity contribution in [2.45, 2.75) is 157 Å². The molecule has 0 spiro atoms. The summed E-state index contributed by atoms with van der Waals surface area (Å²) in [5.74, 6) is -3.52. The molecule has 1 aliphatic heterocycles. The standard InChI is InChI=1S/C53H91N7O14/c1-49(2,3)70-44(63)35-56-26-23-54(25-32-58(34-43(61)62)37-46(65)72-51(7,8)9)24-27-57(36-45(64)71-50(4,5)6)31-29-55(28-30-56)33-42(18-16-17-40-19-21-41(22-20-40)60(68)69)59(38-47(66)73-52(10,11)12)39-48(67)74-53(13,14)15/h19-22,42H,16-18,23-39H2,1-15H3,(H,61,62). The predicted octanol–water partition coefficient (Wildman–Crippen LogP) is 4.90. The van der Waals surface area contributed by atoms with Gasteiger partial charge in [0.05, 0.1) is 44.2 Å². The van der Waals surface area contributed by atoms with Crippen molar-refractivity contribution >= 4 is 41.5 Å². The number of esters is 5. The molecule has 74 heavy (non-hydrogen) atoms. The number of hydrogen-bond donors (Lipinski definition) is 1. The second-order valence-electron chi connectivity index (χ2n) is 24.1. The highest BCUT2D eigenvalue weighted by Gasteiger charge is 2.32. The summed E-state index contributed by atoms with van der Waals surface area (Å²) in [5, 5.41) is 21.2. The predicted molar refractivity (Wildman–Crippen MR) is 280 cm³/mol. The Labute approximate surface area is 440 Å².